The fraction of sp³-hybridized carbons (Fsp3) is 0.636. The summed E-state index contributed by atoms with van der Waals surface area (Å²) in [6.07, 6.45) is 2.09. The lowest BCUT2D eigenvalue weighted by Crippen LogP contribution is -2.39. The molecule has 1 unspecified atom stereocenters. The summed E-state index contributed by atoms with van der Waals surface area (Å²) < 4.78 is 5.16. The second-order valence-corrected chi connectivity index (χ2v) is 4.63. The van der Waals surface area contributed by atoms with Crippen molar-refractivity contribution in [3.8, 4) is 6.01 Å². The van der Waals surface area contributed by atoms with Crippen molar-refractivity contribution in [2.45, 2.75) is 38.8 Å². The maximum Gasteiger partial charge on any atom is 0.322 e. The van der Waals surface area contributed by atoms with E-state index < -0.39 is 6.04 Å². The lowest BCUT2D eigenvalue weighted by atomic mass is 10.3. The molecule has 2 rings (SSSR count). The topological polar surface area (TPSA) is 89.0 Å². The third kappa shape index (κ3) is 4.20. The first kappa shape index (κ1) is 13.8. The molecule has 0 aromatic carbocycles. The number of nitrogens with zero attached hydrogens (tertiary/aromatic N) is 3. The van der Waals surface area contributed by atoms with Crippen molar-refractivity contribution in [2.75, 3.05) is 11.9 Å². The minimum absolute atomic E-state index is 0.0238. The molecular formula is C11H16ClN5O2. The molecule has 0 saturated heterocycles. The third-order valence-electron chi connectivity index (χ3n) is 2.52. The van der Waals surface area contributed by atoms with E-state index in [1.165, 1.54) is 0 Å². The highest BCUT2D eigenvalue weighted by Gasteiger charge is 2.25. The summed E-state index contributed by atoms with van der Waals surface area (Å²) in [5, 5.41) is 5.79. The predicted molar refractivity (Wildman–Crippen MR) is 70.3 cm³/mol. The van der Waals surface area contributed by atoms with Crippen LogP contribution >= 0.6 is 11.6 Å². The molecule has 0 bridgehead atoms. The van der Waals surface area contributed by atoms with Gasteiger partial charge in [0, 0.05) is 6.04 Å². The van der Waals surface area contributed by atoms with Gasteiger partial charge in [0.2, 0.25) is 17.1 Å². The van der Waals surface area contributed by atoms with Gasteiger partial charge < -0.3 is 15.4 Å². The summed E-state index contributed by atoms with van der Waals surface area (Å²) in [6.45, 7) is 3.98. The lowest BCUT2D eigenvalue weighted by molar-refractivity contribution is -0.121. The number of amides is 1. The molecule has 1 aromatic rings. The third-order valence-corrected chi connectivity index (χ3v) is 2.69. The van der Waals surface area contributed by atoms with Crippen LogP contribution in [0.5, 0.6) is 6.01 Å². The molecule has 1 heterocycles. The highest BCUT2D eigenvalue weighted by Crippen LogP contribution is 2.19. The summed E-state index contributed by atoms with van der Waals surface area (Å²) >= 11 is 5.76. The van der Waals surface area contributed by atoms with Crippen LogP contribution in [0, 0.1) is 0 Å². The van der Waals surface area contributed by atoms with E-state index in [1.54, 1.807) is 6.92 Å². The summed E-state index contributed by atoms with van der Waals surface area (Å²) in [4.78, 5) is 23.5. The average molecular weight is 286 g/mol. The minimum atomic E-state index is -0.450. The lowest BCUT2D eigenvalue weighted by Gasteiger charge is -2.14. The smallest absolute Gasteiger partial charge is 0.322 e. The first-order chi connectivity index (χ1) is 9.08. The molecule has 7 nitrogen and oxygen atoms in total. The number of ether oxygens (including phenoxy) is 1. The Balaban J connectivity index is 1.98. The van der Waals surface area contributed by atoms with E-state index in [0.717, 1.165) is 12.8 Å². The van der Waals surface area contributed by atoms with Crippen LogP contribution in [0.4, 0.5) is 5.95 Å². The van der Waals surface area contributed by atoms with Crippen molar-refractivity contribution in [3.63, 3.8) is 0 Å². The van der Waals surface area contributed by atoms with Crippen molar-refractivity contribution in [2.24, 2.45) is 0 Å². The van der Waals surface area contributed by atoms with Gasteiger partial charge in [0.15, 0.2) is 0 Å². The van der Waals surface area contributed by atoms with Gasteiger partial charge in [0.1, 0.15) is 6.04 Å². The Morgan fingerprint density at radius 2 is 2.21 bits per heavy atom. The Kier molecular flexibility index (Phi) is 4.36. The molecule has 1 aliphatic carbocycles. The van der Waals surface area contributed by atoms with Gasteiger partial charge in [-0.2, -0.15) is 15.0 Å². The largest absolute Gasteiger partial charge is 0.464 e. The number of hydrogen-bond acceptors (Lipinski definition) is 6. The standard InChI is InChI=1S/C11H16ClN5O2/c1-3-19-11-16-9(12)15-10(17-11)13-6(2)8(18)14-7-4-5-7/h6-7H,3-5H2,1-2H3,(H,14,18)(H,13,15,16,17). The molecule has 1 aromatic heterocycles. The fourth-order valence-corrected chi connectivity index (χ4v) is 1.56. The van der Waals surface area contributed by atoms with Crippen LogP contribution in [0.2, 0.25) is 5.28 Å². The second kappa shape index (κ2) is 6.01. The Labute approximate surface area is 116 Å². The van der Waals surface area contributed by atoms with Crippen LogP contribution in [0.1, 0.15) is 26.7 Å². The second-order valence-electron chi connectivity index (χ2n) is 4.29. The van der Waals surface area contributed by atoms with Crippen LogP contribution in [-0.4, -0.2) is 39.5 Å². The molecule has 104 valence electrons. The SMILES string of the molecule is CCOc1nc(Cl)nc(NC(C)C(=O)NC2CC2)n1. The van der Waals surface area contributed by atoms with Crippen molar-refractivity contribution in [3.05, 3.63) is 5.28 Å². The molecule has 19 heavy (non-hydrogen) atoms. The Morgan fingerprint density at radius 3 is 2.84 bits per heavy atom. The van der Waals surface area contributed by atoms with Gasteiger partial charge in [-0.1, -0.05) is 0 Å². The molecular weight excluding hydrogens is 270 g/mol. The highest BCUT2D eigenvalue weighted by atomic mass is 35.5. The van der Waals surface area contributed by atoms with Crippen molar-refractivity contribution >= 4 is 23.5 Å². The van der Waals surface area contributed by atoms with Crippen LogP contribution in [-0.2, 0) is 4.79 Å². The van der Waals surface area contributed by atoms with Crippen LogP contribution in [0.25, 0.3) is 0 Å². The first-order valence-electron chi connectivity index (χ1n) is 6.19. The van der Waals surface area contributed by atoms with Gasteiger partial charge in [-0.3, -0.25) is 4.79 Å². The minimum Gasteiger partial charge on any atom is -0.464 e. The van der Waals surface area contributed by atoms with E-state index in [0.29, 0.717) is 12.6 Å². The summed E-state index contributed by atoms with van der Waals surface area (Å²) in [7, 11) is 0. The molecule has 0 aliphatic heterocycles. The van der Waals surface area contributed by atoms with E-state index >= 15 is 0 Å². The number of halogens is 1. The number of rotatable bonds is 6. The molecule has 1 saturated carbocycles. The zero-order valence-corrected chi connectivity index (χ0v) is 11.6. The molecule has 1 atom stereocenters. The van der Waals surface area contributed by atoms with Gasteiger partial charge in [0.25, 0.3) is 0 Å². The van der Waals surface area contributed by atoms with Gasteiger partial charge in [0.05, 0.1) is 6.61 Å². The van der Waals surface area contributed by atoms with Gasteiger partial charge in [-0.25, -0.2) is 0 Å². The molecule has 1 amide bonds. The molecule has 1 aliphatic rings. The van der Waals surface area contributed by atoms with E-state index in [9.17, 15) is 4.79 Å². The monoisotopic (exact) mass is 285 g/mol. The predicted octanol–water partition coefficient (Wildman–Crippen LogP) is 1.00. The zero-order chi connectivity index (χ0) is 13.8. The maximum atomic E-state index is 11.8. The van der Waals surface area contributed by atoms with Crippen LogP contribution in [0.3, 0.4) is 0 Å². The summed E-state index contributed by atoms with van der Waals surface area (Å²) in [5.41, 5.74) is 0. The molecule has 1 fully saturated rings. The summed E-state index contributed by atoms with van der Waals surface area (Å²) in [6, 6.07) is 0.00558. The first-order valence-corrected chi connectivity index (χ1v) is 6.57. The Morgan fingerprint density at radius 1 is 1.47 bits per heavy atom. The zero-order valence-electron chi connectivity index (χ0n) is 10.8. The number of aromatic nitrogens is 3. The van der Waals surface area contributed by atoms with E-state index in [2.05, 4.69) is 25.6 Å². The van der Waals surface area contributed by atoms with E-state index in [-0.39, 0.29) is 23.1 Å². The van der Waals surface area contributed by atoms with Crippen molar-refractivity contribution in [1.82, 2.24) is 20.3 Å². The summed E-state index contributed by atoms with van der Waals surface area (Å²) in [5.74, 6) is 0.138. The van der Waals surface area contributed by atoms with Crippen LogP contribution < -0.4 is 15.4 Å². The molecule has 8 heteroatoms. The normalized spacial score (nSPS) is 15.7. The highest BCUT2D eigenvalue weighted by molar-refractivity contribution is 6.28. The van der Waals surface area contributed by atoms with Gasteiger partial charge in [-0.05, 0) is 38.3 Å². The molecule has 2 N–H and O–H groups in total. The number of carbonyl (C=O) groups excluding carboxylic acids is 1. The molecule has 0 radical (unpaired) electrons. The quantitative estimate of drug-likeness (QED) is 0.811. The number of nitrogens with one attached hydrogen (secondary N) is 2. The number of anilines is 1. The van der Waals surface area contributed by atoms with Crippen molar-refractivity contribution < 1.29 is 9.53 Å². The Hall–Kier alpha value is -1.63. The maximum absolute atomic E-state index is 11.8. The number of hydrogen-bond donors (Lipinski definition) is 2. The average Bonchev–Trinajstić information content (AvgIpc) is 3.12. The van der Waals surface area contributed by atoms with Gasteiger partial charge in [-0.15, -0.1) is 0 Å². The van der Waals surface area contributed by atoms with E-state index in [4.69, 9.17) is 16.3 Å². The van der Waals surface area contributed by atoms with E-state index in [1.807, 2.05) is 6.92 Å². The van der Waals surface area contributed by atoms with Gasteiger partial charge >= 0.3 is 6.01 Å². The van der Waals surface area contributed by atoms with Crippen molar-refractivity contribution in [1.29, 1.82) is 0 Å². The molecule has 0 spiro atoms. The fourth-order valence-electron chi connectivity index (χ4n) is 1.40. The number of carbonyl (C=O) groups is 1. The Bertz CT molecular complexity index is 466. The van der Waals surface area contributed by atoms with Crippen LogP contribution in [0.15, 0.2) is 0 Å².